The number of anilines is 1. The van der Waals surface area contributed by atoms with E-state index in [0.717, 1.165) is 11.3 Å². The van der Waals surface area contributed by atoms with Crippen LogP contribution in [0.15, 0.2) is 17.2 Å². The molecule has 0 aliphatic rings. The van der Waals surface area contributed by atoms with Gasteiger partial charge in [0.25, 0.3) is 10.0 Å². The van der Waals surface area contributed by atoms with Crippen molar-refractivity contribution in [3.8, 4) is 0 Å². The molecule has 2 aromatic heterocycles. The maximum Gasteiger partial charge on any atom is 0.345 e. The average Bonchev–Trinajstić information content (AvgIpc) is 2.94. The first-order valence-corrected chi connectivity index (χ1v) is 8.57. The predicted octanol–water partition coefficient (Wildman–Crippen LogP) is 1.67. The highest BCUT2D eigenvalue weighted by molar-refractivity contribution is 7.93. The number of hydrogen-bond acceptors (Lipinski definition) is 6. The zero-order valence-corrected chi connectivity index (χ0v) is 14.1. The molecule has 0 spiro atoms. The van der Waals surface area contributed by atoms with Crippen molar-refractivity contribution in [2.45, 2.75) is 31.1 Å². The summed E-state index contributed by atoms with van der Waals surface area (Å²) < 4.78 is 28.8. The Morgan fingerprint density at radius 3 is 2.50 bits per heavy atom. The third-order valence-corrected chi connectivity index (χ3v) is 5.78. The first-order valence-electron chi connectivity index (χ1n) is 6.27. The molecule has 120 valence electrons. The van der Waals surface area contributed by atoms with E-state index < -0.39 is 21.4 Å². The van der Waals surface area contributed by atoms with E-state index in [1.54, 1.807) is 7.05 Å². The summed E-state index contributed by atoms with van der Waals surface area (Å²) in [6.07, 6.45) is 1.42. The summed E-state index contributed by atoms with van der Waals surface area (Å²) in [4.78, 5) is 11.6. The molecule has 10 heteroatoms. The van der Waals surface area contributed by atoms with Crippen LogP contribution in [0.3, 0.4) is 0 Å². The minimum atomic E-state index is -3.95. The Morgan fingerprint density at radius 2 is 2.05 bits per heavy atom. The second-order valence-corrected chi connectivity index (χ2v) is 8.45. The molecule has 2 aromatic rings. The van der Waals surface area contributed by atoms with Crippen LogP contribution in [-0.4, -0.2) is 34.5 Å². The Bertz CT molecular complexity index is 815. The molecule has 0 aromatic carbocycles. The molecular weight excluding hydrogens is 328 g/mol. The van der Waals surface area contributed by atoms with Gasteiger partial charge in [-0.2, -0.15) is 0 Å². The summed E-state index contributed by atoms with van der Waals surface area (Å²) in [5, 5.41) is 16.4. The minimum Gasteiger partial charge on any atom is -0.477 e. The molecule has 0 aliphatic carbocycles. The Balaban J connectivity index is 2.52. The van der Waals surface area contributed by atoms with E-state index in [9.17, 15) is 13.2 Å². The van der Waals surface area contributed by atoms with Gasteiger partial charge in [0.2, 0.25) is 0 Å². The van der Waals surface area contributed by atoms with Gasteiger partial charge in [-0.3, -0.25) is 9.40 Å². The smallest absolute Gasteiger partial charge is 0.345 e. The van der Waals surface area contributed by atoms with Gasteiger partial charge < -0.3 is 5.11 Å². The Morgan fingerprint density at radius 1 is 1.41 bits per heavy atom. The van der Waals surface area contributed by atoms with Crippen molar-refractivity contribution < 1.29 is 18.3 Å². The lowest BCUT2D eigenvalue weighted by Crippen LogP contribution is -2.19. The van der Waals surface area contributed by atoms with Crippen molar-refractivity contribution in [3.05, 3.63) is 22.0 Å². The largest absolute Gasteiger partial charge is 0.477 e. The quantitative estimate of drug-likeness (QED) is 0.872. The number of aromatic carboxylic acids is 1. The number of carbonyl (C=O) groups is 1. The number of carboxylic acid groups (broad SMARTS) is 1. The van der Waals surface area contributed by atoms with E-state index in [1.807, 2.05) is 20.8 Å². The Kier molecular flexibility index (Phi) is 4.00. The number of rotatable bonds is 4. The van der Waals surface area contributed by atoms with Gasteiger partial charge in [-0.25, -0.2) is 13.2 Å². The number of aryl methyl sites for hydroxylation is 1. The fraction of sp³-hybridized carbons (Fsp3) is 0.417. The number of hydrogen-bond donors (Lipinski definition) is 2. The minimum absolute atomic E-state index is 0.0237. The highest BCUT2D eigenvalue weighted by Crippen LogP contribution is 2.37. The molecule has 0 saturated carbocycles. The van der Waals surface area contributed by atoms with Crippen molar-refractivity contribution >= 4 is 33.1 Å². The van der Waals surface area contributed by atoms with Gasteiger partial charge in [0, 0.05) is 11.9 Å². The first-order chi connectivity index (χ1) is 10.0. The predicted molar refractivity (Wildman–Crippen MR) is 81.8 cm³/mol. The van der Waals surface area contributed by atoms with Crippen LogP contribution in [0, 0.1) is 0 Å². The molecule has 22 heavy (non-hydrogen) atoms. The lowest BCUT2D eigenvalue weighted by atomic mass is 9.95. The molecule has 0 fully saturated rings. The maximum atomic E-state index is 12.5. The highest BCUT2D eigenvalue weighted by Gasteiger charge is 2.31. The van der Waals surface area contributed by atoms with Crippen molar-refractivity contribution in [2.75, 3.05) is 4.72 Å². The number of carboxylic acids is 1. The molecule has 0 bridgehead atoms. The van der Waals surface area contributed by atoms with E-state index in [4.69, 9.17) is 5.11 Å². The molecule has 0 atom stereocenters. The summed E-state index contributed by atoms with van der Waals surface area (Å²) in [5.74, 6) is -1.08. The molecule has 0 aliphatic heterocycles. The summed E-state index contributed by atoms with van der Waals surface area (Å²) in [5.41, 5.74) is -0.509. The standard InChI is InChI=1S/C12H16N4O4S2/c1-12(2,3)10-8(5-7(21-10)11(17)18)22(19,20)14-9-6-16(4)15-13-9/h5-6,14H,1-4H3,(H,17,18). The molecule has 2 rings (SSSR count). The number of nitrogens with one attached hydrogen (secondary N) is 1. The molecule has 0 saturated heterocycles. The van der Waals surface area contributed by atoms with E-state index in [2.05, 4.69) is 15.0 Å². The molecule has 0 radical (unpaired) electrons. The third kappa shape index (κ3) is 3.28. The van der Waals surface area contributed by atoms with E-state index in [1.165, 1.54) is 16.9 Å². The fourth-order valence-corrected chi connectivity index (χ4v) is 4.57. The van der Waals surface area contributed by atoms with Crippen LogP contribution < -0.4 is 4.72 Å². The summed E-state index contributed by atoms with van der Waals surface area (Å²) >= 11 is 0.957. The molecule has 0 unspecified atom stereocenters. The van der Waals surface area contributed by atoms with E-state index >= 15 is 0 Å². The van der Waals surface area contributed by atoms with Gasteiger partial charge in [-0.1, -0.05) is 26.0 Å². The molecule has 2 N–H and O–H groups in total. The highest BCUT2D eigenvalue weighted by atomic mass is 32.2. The van der Waals surface area contributed by atoms with Gasteiger partial charge in [0.05, 0.1) is 6.20 Å². The average molecular weight is 344 g/mol. The number of aromatic nitrogens is 3. The second kappa shape index (κ2) is 5.36. The van der Waals surface area contributed by atoms with Gasteiger partial charge in [0.1, 0.15) is 9.77 Å². The maximum absolute atomic E-state index is 12.5. The SMILES string of the molecule is Cn1cc(NS(=O)(=O)c2cc(C(=O)O)sc2C(C)(C)C)nn1. The zero-order chi connectivity index (χ0) is 16.7. The third-order valence-electron chi connectivity index (χ3n) is 2.72. The van der Waals surface area contributed by atoms with Crippen LogP contribution in [0.2, 0.25) is 0 Å². The van der Waals surface area contributed by atoms with Crippen LogP contribution in [0.5, 0.6) is 0 Å². The second-order valence-electron chi connectivity index (χ2n) is 5.74. The summed E-state index contributed by atoms with van der Waals surface area (Å²) in [7, 11) is -2.34. The first kappa shape index (κ1) is 16.4. The summed E-state index contributed by atoms with van der Waals surface area (Å²) in [6, 6.07) is 1.17. The Hall–Kier alpha value is -1.94. The lowest BCUT2D eigenvalue weighted by molar-refractivity contribution is 0.0702. The Labute approximate surface area is 131 Å². The van der Waals surface area contributed by atoms with Crippen LogP contribution in [0.4, 0.5) is 5.82 Å². The normalized spacial score (nSPS) is 12.4. The zero-order valence-electron chi connectivity index (χ0n) is 12.5. The van der Waals surface area contributed by atoms with Crippen molar-refractivity contribution in [2.24, 2.45) is 7.05 Å². The van der Waals surface area contributed by atoms with Crippen LogP contribution in [-0.2, 0) is 22.5 Å². The van der Waals surface area contributed by atoms with Crippen molar-refractivity contribution in [3.63, 3.8) is 0 Å². The molecule has 8 nitrogen and oxygen atoms in total. The number of thiophene rings is 1. The monoisotopic (exact) mass is 344 g/mol. The summed E-state index contributed by atoms with van der Waals surface area (Å²) in [6.45, 7) is 5.48. The van der Waals surface area contributed by atoms with Crippen LogP contribution in [0.1, 0.15) is 35.3 Å². The lowest BCUT2D eigenvalue weighted by Gasteiger charge is -2.18. The van der Waals surface area contributed by atoms with E-state index in [0.29, 0.717) is 4.88 Å². The molecular formula is C12H16N4O4S2. The van der Waals surface area contributed by atoms with Crippen molar-refractivity contribution in [1.29, 1.82) is 0 Å². The van der Waals surface area contributed by atoms with Crippen molar-refractivity contribution in [1.82, 2.24) is 15.0 Å². The van der Waals surface area contributed by atoms with Gasteiger partial charge in [0.15, 0.2) is 5.82 Å². The van der Waals surface area contributed by atoms with Gasteiger partial charge in [-0.15, -0.1) is 16.4 Å². The fourth-order valence-electron chi connectivity index (χ4n) is 1.79. The number of sulfonamides is 1. The van der Waals surface area contributed by atoms with E-state index in [-0.39, 0.29) is 15.6 Å². The topological polar surface area (TPSA) is 114 Å². The number of nitrogens with zero attached hydrogens (tertiary/aromatic N) is 3. The van der Waals surface area contributed by atoms with Gasteiger partial charge >= 0.3 is 5.97 Å². The van der Waals surface area contributed by atoms with Crippen LogP contribution in [0.25, 0.3) is 0 Å². The van der Waals surface area contributed by atoms with Crippen LogP contribution >= 0.6 is 11.3 Å². The van der Waals surface area contributed by atoms with Gasteiger partial charge in [-0.05, 0) is 11.5 Å². The molecule has 2 heterocycles. The molecule has 0 amide bonds.